The first kappa shape index (κ1) is 14.6. The van der Waals surface area contributed by atoms with Gasteiger partial charge in [0, 0.05) is 18.9 Å². The third kappa shape index (κ3) is 2.85. The molecule has 4 nitrogen and oxygen atoms in total. The van der Waals surface area contributed by atoms with Crippen molar-refractivity contribution >= 4 is 0 Å². The molecular formula is C16H23N3O. The molecule has 1 atom stereocenters. The lowest BCUT2D eigenvalue weighted by Crippen LogP contribution is -2.22. The number of methoxy groups -OCH3 is 1. The second kappa shape index (κ2) is 6.57. The summed E-state index contributed by atoms with van der Waals surface area (Å²) in [6.07, 6.45) is 5.01. The van der Waals surface area contributed by atoms with E-state index in [-0.39, 0.29) is 6.04 Å². The van der Waals surface area contributed by atoms with Gasteiger partial charge in [-0.1, -0.05) is 19.1 Å². The van der Waals surface area contributed by atoms with Gasteiger partial charge in [0.2, 0.25) is 0 Å². The fourth-order valence-corrected chi connectivity index (χ4v) is 2.54. The van der Waals surface area contributed by atoms with Crippen LogP contribution in [0.3, 0.4) is 0 Å². The number of benzene rings is 1. The molecule has 20 heavy (non-hydrogen) atoms. The van der Waals surface area contributed by atoms with Crippen molar-refractivity contribution in [2.45, 2.75) is 32.9 Å². The topological polar surface area (TPSA) is 39.1 Å². The molecule has 0 amide bonds. The van der Waals surface area contributed by atoms with Crippen LogP contribution in [0.5, 0.6) is 5.75 Å². The maximum absolute atomic E-state index is 5.33. The molecule has 0 bridgehead atoms. The van der Waals surface area contributed by atoms with Crippen molar-refractivity contribution in [2.24, 2.45) is 0 Å². The van der Waals surface area contributed by atoms with Gasteiger partial charge in [0.1, 0.15) is 11.6 Å². The Kier molecular flexibility index (Phi) is 4.79. The minimum absolute atomic E-state index is 0.0983. The molecule has 0 saturated heterocycles. The summed E-state index contributed by atoms with van der Waals surface area (Å²) >= 11 is 0. The molecule has 0 saturated carbocycles. The molecule has 0 fully saturated rings. The highest BCUT2D eigenvalue weighted by atomic mass is 16.5. The largest absolute Gasteiger partial charge is 0.496 e. The van der Waals surface area contributed by atoms with E-state index in [2.05, 4.69) is 40.8 Å². The van der Waals surface area contributed by atoms with E-state index in [1.54, 1.807) is 7.11 Å². The maximum Gasteiger partial charge on any atom is 0.130 e. The van der Waals surface area contributed by atoms with Crippen LogP contribution in [0.15, 0.2) is 30.6 Å². The summed E-state index contributed by atoms with van der Waals surface area (Å²) in [5, 5.41) is 3.36. The molecule has 0 aliphatic carbocycles. The van der Waals surface area contributed by atoms with Gasteiger partial charge in [-0.2, -0.15) is 0 Å². The van der Waals surface area contributed by atoms with Crippen LogP contribution in [0.2, 0.25) is 0 Å². The van der Waals surface area contributed by atoms with Crippen LogP contribution >= 0.6 is 0 Å². The zero-order valence-electron chi connectivity index (χ0n) is 12.7. The summed E-state index contributed by atoms with van der Waals surface area (Å²) in [7, 11) is 3.67. The predicted molar refractivity (Wildman–Crippen MR) is 81.2 cm³/mol. The summed E-state index contributed by atoms with van der Waals surface area (Å²) < 4.78 is 7.53. The van der Waals surface area contributed by atoms with Crippen LogP contribution in [-0.2, 0) is 6.54 Å². The minimum atomic E-state index is 0.0983. The van der Waals surface area contributed by atoms with E-state index < -0.39 is 0 Å². The SMILES string of the molecule is CCCn1ccnc1C(NC)c1ccc(OC)c(C)c1. The van der Waals surface area contributed by atoms with Gasteiger partial charge >= 0.3 is 0 Å². The van der Waals surface area contributed by atoms with E-state index in [9.17, 15) is 0 Å². The predicted octanol–water partition coefficient (Wildman–Crippen LogP) is 2.92. The maximum atomic E-state index is 5.33. The first-order chi connectivity index (χ1) is 9.71. The van der Waals surface area contributed by atoms with E-state index in [1.165, 1.54) is 5.56 Å². The van der Waals surface area contributed by atoms with Crippen molar-refractivity contribution in [2.75, 3.05) is 14.2 Å². The van der Waals surface area contributed by atoms with E-state index in [0.717, 1.165) is 30.1 Å². The number of hydrogen-bond acceptors (Lipinski definition) is 3. The van der Waals surface area contributed by atoms with Crippen LogP contribution in [-0.4, -0.2) is 23.7 Å². The van der Waals surface area contributed by atoms with Gasteiger partial charge in [-0.05, 0) is 37.6 Å². The van der Waals surface area contributed by atoms with Crippen molar-refractivity contribution < 1.29 is 4.74 Å². The van der Waals surface area contributed by atoms with E-state index in [0.29, 0.717) is 0 Å². The van der Waals surface area contributed by atoms with E-state index in [1.807, 2.05) is 25.5 Å². The average molecular weight is 273 g/mol. The van der Waals surface area contributed by atoms with Gasteiger partial charge < -0.3 is 14.6 Å². The molecule has 1 N–H and O–H groups in total. The molecule has 2 rings (SSSR count). The molecule has 108 valence electrons. The average Bonchev–Trinajstić information content (AvgIpc) is 2.89. The molecule has 1 aromatic carbocycles. The van der Waals surface area contributed by atoms with Crippen molar-refractivity contribution in [3.05, 3.63) is 47.5 Å². The Morgan fingerprint density at radius 2 is 2.20 bits per heavy atom. The van der Waals surface area contributed by atoms with Gasteiger partial charge in [-0.3, -0.25) is 0 Å². The van der Waals surface area contributed by atoms with Gasteiger partial charge in [-0.15, -0.1) is 0 Å². The van der Waals surface area contributed by atoms with E-state index in [4.69, 9.17) is 4.74 Å². The monoisotopic (exact) mass is 273 g/mol. The first-order valence-corrected chi connectivity index (χ1v) is 7.04. The second-order valence-corrected chi connectivity index (χ2v) is 4.93. The normalized spacial score (nSPS) is 12.4. The summed E-state index contributed by atoms with van der Waals surface area (Å²) in [6, 6.07) is 6.37. The lowest BCUT2D eigenvalue weighted by atomic mass is 10.0. The molecule has 1 heterocycles. The lowest BCUT2D eigenvalue weighted by Gasteiger charge is -2.19. The summed E-state index contributed by atoms with van der Waals surface area (Å²) in [5.41, 5.74) is 2.34. The quantitative estimate of drug-likeness (QED) is 0.879. The molecule has 0 radical (unpaired) electrons. The van der Waals surface area contributed by atoms with Gasteiger partial charge in [0.05, 0.1) is 13.2 Å². The number of imidazole rings is 1. The number of nitrogens with zero attached hydrogens (tertiary/aromatic N) is 2. The second-order valence-electron chi connectivity index (χ2n) is 4.93. The van der Waals surface area contributed by atoms with Crippen LogP contribution < -0.4 is 10.1 Å². The number of aryl methyl sites for hydroxylation is 2. The van der Waals surface area contributed by atoms with Crippen molar-refractivity contribution in [1.29, 1.82) is 0 Å². The Hall–Kier alpha value is -1.81. The number of nitrogens with one attached hydrogen (secondary N) is 1. The third-order valence-corrected chi connectivity index (χ3v) is 3.51. The molecule has 1 unspecified atom stereocenters. The molecular weight excluding hydrogens is 250 g/mol. The summed E-state index contributed by atoms with van der Waals surface area (Å²) in [4.78, 5) is 4.52. The molecule has 2 aromatic rings. The molecule has 0 spiro atoms. The fourth-order valence-electron chi connectivity index (χ4n) is 2.54. The Morgan fingerprint density at radius 1 is 1.40 bits per heavy atom. The van der Waals surface area contributed by atoms with Gasteiger partial charge in [0.15, 0.2) is 0 Å². The van der Waals surface area contributed by atoms with Crippen LogP contribution in [0.1, 0.15) is 36.3 Å². The molecule has 0 aliphatic rings. The fraction of sp³-hybridized carbons (Fsp3) is 0.438. The van der Waals surface area contributed by atoms with Crippen LogP contribution in [0, 0.1) is 6.92 Å². The lowest BCUT2D eigenvalue weighted by molar-refractivity contribution is 0.411. The molecule has 4 heteroatoms. The van der Waals surface area contributed by atoms with Crippen molar-refractivity contribution in [1.82, 2.24) is 14.9 Å². The van der Waals surface area contributed by atoms with Crippen LogP contribution in [0.25, 0.3) is 0 Å². The highest BCUT2D eigenvalue weighted by Gasteiger charge is 2.18. The number of hydrogen-bond donors (Lipinski definition) is 1. The Labute approximate surface area is 120 Å². The minimum Gasteiger partial charge on any atom is -0.496 e. The zero-order chi connectivity index (χ0) is 14.5. The van der Waals surface area contributed by atoms with E-state index >= 15 is 0 Å². The Morgan fingerprint density at radius 3 is 2.80 bits per heavy atom. The van der Waals surface area contributed by atoms with Crippen molar-refractivity contribution in [3.63, 3.8) is 0 Å². The van der Waals surface area contributed by atoms with Gasteiger partial charge in [0.25, 0.3) is 0 Å². The van der Waals surface area contributed by atoms with Gasteiger partial charge in [-0.25, -0.2) is 4.98 Å². The van der Waals surface area contributed by atoms with Crippen molar-refractivity contribution in [3.8, 4) is 5.75 Å². The Bertz CT molecular complexity index is 563. The zero-order valence-corrected chi connectivity index (χ0v) is 12.7. The number of aromatic nitrogens is 2. The number of ether oxygens (including phenoxy) is 1. The third-order valence-electron chi connectivity index (χ3n) is 3.51. The molecule has 0 aliphatic heterocycles. The highest BCUT2D eigenvalue weighted by Crippen LogP contribution is 2.26. The Balaban J connectivity index is 2.36. The smallest absolute Gasteiger partial charge is 0.130 e. The standard InChI is InChI=1S/C16H23N3O/c1-5-9-19-10-8-18-16(19)15(17-3)13-6-7-14(20-4)12(2)11-13/h6-8,10-11,15,17H,5,9H2,1-4H3. The highest BCUT2D eigenvalue weighted by molar-refractivity contribution is 5.39. The summed E-state index contributed by atoms with van der Waals surface area (Å²) in [5.74, 6) is 1.97. The number of rotatable bonds is 6. The molecule has 1 aromatic heterocycles. The first-order valence-electron chi connectivity index (χ1n) is 7.04. The summed E-state index contributed by atoms with van der Waals surface area (Å²) in [6.45, 7) is 5.23. The van der Waals surface area contributed by atoms with Crippen LogP contribution in [0.4, 0.5) is 0 Å².